The van der Waals surface area contributed by atoms with E-state index >= 15 is 0 Å². The summed E-state index contributed by atoms with van der Waals surface area (Å²) in [4.78, 5) is 26.7. The molecule has 3 rings (SSSR count). The van der Waals surface area contributed by atoms with Crippen LogP contribution in [0.4, 0.5) is 4.79 Å². The van der Waals surface area contributed by atoms with Gasteiger partial charge in [0, 0.05) is 11.5 Å². The van der Waals surface area contributed by atoms with Gasteiger partial charge < -0.3 is 19.6 Å². The van der Waals surface area contributed by atoms with Gasteiger partial charge in [0.15, 0.2) is 5.60 Å². The first kappa shape index (κ1) is 13.2. The number of carbonyl (C=O) groups is 2. The Morgan fingerprint density at radius 3 is 2.65 bits per heavy atom. The van der Waals surface area contributed by atoms with Gasteiger partial charge in [-0.15, -0.1) is 0 Å². The highest BCUT2D eigenvalue weighted by Gasteiger charge is 2.54. The Labute approximate surface area is 124 Å². The zero-order chi connectivity index (χ0) is 14.5. The second-order valence-electron chi connectivity index (χ2n) is 5.23. The van der Waals surface area contributed by atoms with E-state index in [4.69, 9.17) is 4.74 Å². The minimum Gasteiger partial charge on any atom is -0.507 e. The number of phenols is 1. The maximum Gasteiger partial charge on any atom is 0.410 e. The molecule has 1 N–H and O–H groups in total. The minimum absolute atomic E-state index is 0.0640. The predicted octanol–water partition coefficient (Wildman–Crippen LogP) is 1.43. The van der Waals surface area contributed by atoms with Gasteiger partial charge >= 0.3 is 6.09 Å². The smallest absolute Gasteiger partial charge is 0.410 e. The third-order valence-electron chi connectivity index (χ3n) is 3.58. The van der Waals surface area contributed by atoms with Gasteiger partial charge in [-0.05, 0) is 18.2 Å². The Bertz CT molecular complexity index is 598. The number of aromatic hydroxyl groups is 1. The normalized spacial score (nSPS) is 20.0. The van der Waals surface area contributed by atoms with Crippen molar-refractivity contribution < 1.29 is 19.4 Å². The summed E-state index contributed by atoms with van der Waals surface area (Å²) in [6, 6.07) is 4.75. The molecule has 2 heterocycles. The van der Waals surface area contributed by atoms with Gasteiger partial charge in [0.2, 0.25) is 0 Å². The first-order valence-electron chi connectivity index (χ1n) is 6.12. The average Bonchev–Trinajstić information content (AvgIpc) is 2.63. The van der Waals surface area contributed by atoms with E-state index in [-0.39, 0.29) is 23.3 Å². The van der Waals surface area contributed by atoms with Gasteiger partial charge in [-0.25, -0.2) is 4.79 Å². The minimum atomic E-state index is -0.577. The van der Waals surface area contributed by atoms with E-state index in [1.807, 2.05) is 0 Å². The second kappa shape index (κ2) is 4.37. The fourth-order valence-corrected chi connectivity index (χ4v) is 2.95. The largest absolute Gasteiger partial charge is 0.507 e. The first-order valence-corrected chi connectivity index (χ1v) is 6.91. The molecule has 0 atom stereocenters. The molecule has 20 heavy (non-hydrogen) atoms. The summed E-state index contributed by atoms with van der Waals surface area (Å²) >= 11 is 3.23. The van der Waals surface area contributed by atoms with E-state index in [0.29, 0.717) is 24.1 Å². The molecule has 1 aromatic carbocycles. The molecule has 0 unspecified atom stereocenters. The van der Waals surface area contributed by atoms with Gasteiger partial charge in [0.25, 0.3) is 5.91 Å². The fourth-order valence-electron chi connectivity index (χ4n) is 2.61. The number of halogens is 1. The number of amides is 2. The van der Waals surface area contributed by atoms with Gasteiger partial charge in [-0.1, -0.05) is 15.9 Å². The lowest BCUT2D eigenvalue weighted by atomic mass is 9.93. The lowest BCUT2D eigenvalue weighted by Crippen LogP contribution is -2.65. The molecule has 1 aromatic rings. The topological polar surface area (TPSA) is 70.1 Å². The lowest BCUT2D eigenvalue weighted by Gasteiger charge is -2.45. The summed E-state index contributed by atoms with van der Waals surface area (Å²) in [7, 11) is 1.67. The quantitative estimate of drug-likeness (QED) is 0.839. The predicted molar refractivity (Wildman–Crippen MR) is 73.6 cm³/mol. The summed E-state index contributed by atoms with van der Waals surface area (Å²) in [5.74, 6) is -0.322. The summed E-state index contributed by atoms with van der Waals surface area (Å²) in [6.07, 6.45) is -0.358. The van der Waals surface area contributed by atoms with Crippen molar-refractivity contribution in [1.29, 1.82) is 0 Å². The third kappa shape index (κ3) is 2.02. The fraction of sp³-hybridized carbons (Fsp3) is 0.385. The molecule has 2 saturated heterocycles. The van der Waals surface area contributed by atoms with Crippen molar-refractivity contribution in [3.8, 4) is 5.75 Å². The molecule has 106 valence electrons. The van der Waals surface area contributed by atoms with Crippen LogP contribution < -0.4 is 0 Å². The zero-order valence-corrected chi connectivity index (χ0v) is 12.4. The summed E-state index contributed by atoms with van der Waals surface area (Å²) in [5, 5.41) is 9.80. The maximum absolute atomic E-state index is 12.3. The Hall–Kier alpha value is -1.76. The van der Waals surface area contributed by atoms with Gasteiger partial charge in [0.05, 0.1) is 25.2 Å². The van der Waals surface area contributed by atoms with E-state index in [0.717, 1.165) is 0 Å². The number of ether oxygens (including phenoxy) is 1. The number of rotatable bonds is 1. The van der Waals surface area contributed by atoms with Gasteiger partial charge in [-0.3, -0.25) is 4.79 Å². The van der Waals surface area contributed by atoms with Crippen molar-refractivity contribution in [2.75, 3.05) is 26.7 Å². The summed E-state index contributed by atoms with van der Waals surface area (Å²) in [5.41, 5.74) is -0.326. The number of likely N-dealkylation sites (tertiary alicyclic amines) is 1. The number of nitrogens with zero attached hydrogens (tertiary/aromatic N) is 2. The molecule has 2 aliphatic rings. The molecular formula is C13H13BrN2O4. The zero-order valence-electron chi connectivity index (χ0n) is 10.8. The highest BCUT2D eigenvalue weighted by molar-refractivity contribution is 9.10. The van der Waals surface area contributed by atoms with Crippen LogP contribution >= 0.6 is 15.9 Å². The van der Waals surface area contributed by atoms with Crippen LogP contribution in [0.15, 0.2) is 22.7 Å². The monoisotopic (exact) mass is 340 g/mol. The number of likely N-dealkylation sites (N-methyl/N-ethyl adjacent to an activating group) is 1. The molecule has 0 bridgehead atoms. The van der Waals surface area contributed by atoms with Crippen LogP contribution in [-0.4, -0.2) is 59.2 Å². The third-order valence-corrected chi connectivity index (χ3v) is 4.07. The molecule has 2 amide bonds. The van der Waals surface area contributed by atoms with Gasteiger partial charge in [-0.2, -0.15) is 0 Å². The summed E-state index contributed by atoms with van der Waals surface area (Å²) in [6.45, 7) is 1.21. The molecule has 0 saturated carbocycles. The van der Waals surface area contributed by atoms with Crippen LogP contribution in [0.1, 0.15) is 10.4 Å². The Balaban J connectivity index is 1.71. The van der Waals surface area contributed by atoms with Crippen molar-refractivity contribution in [3.05, 3.63) is 28.2 Å². The number of carbonyl (C=O) groups excluding carboxylic acids is 2. The van der Waals surface area contributed by atoms with Crippen LogP contribution in [0, 0.1) is 0 Å². The van der Waals surface area contributed by atoms with E-state index in [1.54, 1.807) is 24.1 Å². The molecule has 2 aliphatic heterocycles. The first-order chi connectivity index (χ1) is 9.40. The van der Waals surface area contributed by atoms with Crippen LogP contribution in [0.25, 0.3) is 0 Å². The highest BCUT2D eigenvalue weighted by Crippen LogP contribution is 2.34. The highest BCUT2D eigenvalue weighted by atomic mass is 79.9. The molecular weight excluding hydrogens is 328 g/mol. The van der Waals surface area contributed by atoms with E-state index in [9.17, 15) is 14.7 Å². The Morgan fingerprint density at radius 2 is 2.10 bits per heavy atom. The van der Waals surface area contributed by atoms with Gasteiger partial charge in [0.1, 0.15) is 5.75 Å². The molecule has 0 aromatic heterocycles. The van der Waals surface area contributed by atoms with Crippen molar-refractivity contribution in [3.63, 3.8) is 0 Å². The van der Waals surface area contributed by atoms with Crippen molar-refractivity contribution in [2.45, 2.75) is 5.60 Å². The average molecular weight is 341 g/mol. The molecule has 0 aliphatic carbocycles. The van der Waals surface area contributed by atoms with Crippen molar-refractivity contribution in [2.24, 2.45) is 0 Å². The van der Waals surface area contributed by atoms with Crippen LogP contribution in [0.2, 0.25) is 0 Å². The molecule has 6 nitrogen and oxygen atoms in total. The standard InChI is InChI=1S/C13H13BrN2O4/c1-15-5-13(20-12(15)19)6-16(7-13)11(18)9-3-2-8(14)4-10(9)17/h2-4,17H,5-7H2,1H3. The maximum atomic E-state index is 12.3. The number of phenolic OH excluding ortho intramolecular Hbond substituents is 1. The molecule has 7 heteroatoms. The molecule has 0 radical (unpaired) electrons. The van der Waals surface area contributed by atoms with Crippen LogP contribution in [-0.2, 0) is 4.74 Å². The SMILES string of the molecule is CN1CC2(CN(C(=O)c3ccc(Br)cc3O)C2)OC1=O. The summed E-state index contributed by atoms with van der Waals surface area (Å²) < 4.78 is 5.99. The van der Waals surface area contributed by atoms with E-state index < -0.39 is 5.60 Å². The van der Waals surface area contributed by atoms with E-state index in [1.165, 1.54) is 11.0 Å². The van der Waals surface area contributed by atoms with Crippen LogP contribution in [0.5, 0.6) is 5.75 Å². The Morgan fingerprint density at radius 1 is 1.40 bits per heavy atom. The number of hydrogen-bond donors (Lipinski definition) is 1. The van der Waals surface area contributed by atoms with Crippen molar-refractivity contribution in [1.82, 2.24) is 9.80 Å². The lowest BCUT2D eigenvalue weighted by molar-refractivity contribution is -0.0582. The van der Waals surface area contributed by atoms with Crippen LogP contribution in [0.3, 0.4) is 0 Å². The second-order valence-corrected chi connectivity index (χ2v) is 6.15. The number of hydrogen-bond acceptors (Lipinski definition) is 4. The molecule has 1 spiro atoms. The number of benzene rings is 1. The Kier molecular flexibility index (Phi) is 2.89. The van der Waals surface area contributed by atoms with Crippen molar-refractivity contribution >= 4 is 27.9 Å². The molecule has 2 fully saturated rings. The van der Waals surface area contributed by atoms with E-state index in [2.05, 4.69) is 15.9 Å².